The molecule has 116 valence electrons. The molecule has 0 aromatic heterocycles. The Hall–Kier alpha value is -2.37. The van der Waals surface area contributed by atoms with E-state index in [0.29, 0.717) is 26.2 Å². The maximum absolute atomic E-state index is 11.2. The van der Waals surface area contributed by atoms with Crippen LogP contribution in [0.5, 0.6) is 0 Å². The third-order valence-electron chi connectivity index (χ3n) is 3.48. The van der Waals surface area contributed by atoms with Crippen LogP contribution in [0.3, 0.4) is 0 Å². The van der Waals surface area contributed by atoms with Gasteiger partial charge in [-0.3, -0.25) is 19.8 Å². The second-order valence-electron chi connectivity index (χ2n) is 4.89. The van der Waals surface area contributed by atoms with E-state index in [9.17, 15) is 20.2 Å². The average Bonchev–Trinajstić information content (AvgIpc) is 2.46. The zero-order valence-corrected chi connectivity index (χ0v) is 12.4. The number of nitro groups is 1. The van der Waals surface area contributed by atoms with Gasteiger partial charge < -0.3 is 10.6 Å². The Morgan fingerprint density at radius 2 is 2.05 bits per heavy atom. The van der Waals surface area contributed by atoms with E-state index in [1.54, 1.807) is 4.90 Å². The van der Waals surface area contributed by atoms with Crippen molar-refractivity contribution in [2.24, 2.45) is 5.73 Å². The molecule has 1 aromatic carbocycles. The van der Waals surface area contributed by atoms with Crippen molar-refractivity contribution >= 4 is 28.9 Å². The monoisotopic (exact) mass is 323 g/mol. The number of hydrogen-bond acceptors (Lipinski definition) is 6. The van der Waals surface area contributed by atoms with Crippen molar-refractivity contribution in [2.45, 2.75) is 0 Å². The molecule has 0 spiro atoms. The largest absolute Gasteiger partial charge is 0.369 e. The van der Waals surface area contributed by atoms with Crippen LogP contribution in [-0.4, -0.2) is 48.5 Å². The van der Waals surface area contributed by atoms with Gasteiger partial charge in [0.1, 0.15) is 17.3 Å². The summed E-state index contributed by atoms with van der Waals surface area (Å²) in [5.41, 5.74) is 5.34. The molecule has 1 heterocycles. The average molecular weight is 324 g/mol. The van der Waals surface area contributed by atoms with Crippen LogP contribution in [0, 0.1) is 21.4 Å². The van der Waals surface area contributed by atoms with Crippen molar-refractivity contribution < 1.29 is 9.72 Å². The second kappa shape index (κ2) is 6.60. The third-order valence-corrected chi connectivity index (χ3v) is 3.80. The van der Waals surface area contributed by atoms with Gasteiger partial charge in [0, 0.05) is 32.2 Å². The highest BCUT2D eigenvalue weighted by molar-refractivity contribution is 6.32. The van der Waals surface area contributed by atoms with Crippen molar-refractivity contribution in [3.63, 3.8) is 0 Å². The SMILES string of the molecule is N#Cc1c(Cl)ccc([N+](=O)[O-])c1N1CCN(CC(N)=O)CC1. The van der Waals surface area contributed by atoms with Gasteiger partial charge in [-0.25, -0.2) is 0 Å². The second-order valence-corrected chi connectivity index (χ2v) is 5.30. The van der Waals surface area contributed by atoms with Crippen LogP contribution < -0.4 is 10.6 Å². The molecule has 1 aromatic rings. The van der Waals surface area contributed by atoms with E-state index in [2.05, 4.69) is 0 Å². The Labute approximate surface area is 131 Å². The number of nitrogens with zero attached hydrogens (tertiary/aromatic N) is 4. The number of hydrogen-bond donors (Lipinski definition) is 1. The number of piperazine rings is 1. The van der Waals surface area contributed by atoms with Crippen LogP contribution >= 0.6 is 11.6 Å². The molecule has 0 atom stereocenters. The van der Waals surface area contributed by atoms with Gasteiger partial charge in [0.05, 0.1) is 16.5 Å². The molecular formula is C13H14ClN5O3. The van der Waals surface area contributed by atoms with E-state index >= 15 is 0 Å². The first kappa shape index (κ1) is 16.0. The lowest BCUT2D eigenvalue weighted by atomic mass is 10.1. The summed E-state index contributed by atoms with van der Waals surface area (Å²) in [5, 5.41) is 20.6. The molecule has 1 saturated heterocycles. The Morgan fingerprint density at radius 3 is 2.55 bits per heavy atom. The maximum Gasteiger partial charge on any atom is 0.294 e. The standard InChI is InChI=1S/C13H14ClN5O3/c14-10-1-2-11(19(21)22)13(9(10)7-15)18-5-3-17(4-6-18)8-12(16)20/h1-2H,3-6,8H2,(H2,16,20). The summed E-state index contributed by atoms with van der Waals surface area (Å²) in [6.45, 7) is 2.10. The van der Waals surface area contributed by atoms with Crippen LogP contribution in [0.2, 0.25) is 5.02 Å². The van der Waals surface area contributed by atoms with Crippen LogP contribution in [0.1, 0.15) is 5.56 Å². The van der Waals surface area contributed by atoms with Gasteiger partial charge >= 0.3 is 0 Å². The number of carbonyl (C=O) groups is 1. The molecule has 0 aliphatic carbocycles. The smallest absolute Gasteiger partial charge is 0.294 e. The molecule has 1 amide bonds. The Balaban J connectivity index is 2.30. The van der Waals surface area contributed by atoms with E-state index in [-0.39, 0.29) is 28.5 Å². The van der Waals surface area contributed by atoms with E-state index < -0.39 is 10.8 Å². The van der Waals surface area contributed by atoms with Crippen molar-refractivity contribution in [1.82, 2.24) is 4.90 Å². The lowest BCUT2D eigenvalue weighted by molar-refractivity contribution is -0.384. The molecule has 1 aliphatic rings. The third kappa shape index (κ3) is 3.27. The number of anilines is 1. The van der Waals surface area contributed by atoms with Crippen LogP contribution in [-0.2, 0) is 4.79 Å². The minimum Gasteiger partial charge on any atom is -0.369 e. The van der Waals surface area contributed by atoms with Gasteiger partial charge in [0.15, 0.2) is 0 Å². The molecule has 0 bridgehead atoms. The first-order valence-electron chi connectivity index (χ1n) is 6.56. The summed E-state index contributed by atoms with van der Waals surface area (Å²) >= 11 is 5.98. The maximum atomic E-state index is 11.2. The first-order valence-corrected chi connectivity index (χ1v) is 6.94. The van der Waals surface area contributed by atoms with E-state index in [1.165, 1.54) is 12.1 Å². The fourth-order valence-electron chi connectivity index (χ4n) is 2.48. The summed E-state index contributed by atoms with van der Waals surface area (Å²) in [7, 11) is 0. The highest BCUT2D eigenvalue weighted by Crippen LogP contribution is 2.36. The van der Waals surface area contributed by atoms with Crippen molar-refractivity contribution in [3.05, 3.63) is 32.8 Å². The number of primary amides is 1. The van der Waals surface area contributed by atoms with Gasteiger partial charge in [-0.05, 0) is 6.07 Å². The normalized spacial score (nSPS) is 15.4. The Bertz CT molecular complexity index is 650. The highest BCUT2D eigenvalue weighted by atomic mass is 35.5. The van der Waals surface area contributed by atoms with Gasteiger partial charge in [-0.15, -0.1) is 0 Å². The number of benzene rings is 1. The zero-order valence-electron chi connectivity index (χ0n) is 11.7. The predicted molar refractivity (Wildman–Crippen MR) is 80.7 cm³/mol. The predicted octanol–water partition coefficient (Wildman–Crippen LogP) is 0.727. The van der Waals surface area contributed by atoms with Crippen LogP contribution in [0.4, 0.5) is 11.4 Å². The molecule has 0 unspecified atom stereocenters. The van der Waals surface area contributed by atoms with E-state index in [4.69, 9.17) is 17.3 Å². The quantitative estimate of drug-likeness (QED) is 0.644. The van der Waals surface area contributed by atoms with Gasteiger partial charge in [0.2, 0.25) is 5.91 Å². The number of nitrogens with two attached hydrogens (primary N) is 1. The lowest BCUT2D eigenvalue weighted by Crippen LogP contribution is -2.49. The van der Waals surface area contributed by atoms with E-state index in [0.717, 1.165) is 0 Å². The van der Waals surface area contributed by atoms with Gasteiger partial charge in [0.25, 0.3) is 5.69 Å². The van der Waals surface area contributed by atoms with Gasteiger partial charge in [-0.1, -0.05) is 11.6 Å². The summed E-state index contributed by atoms with van der Waals surface area (Å²) in [4.78, 5) is 25.2. The van der Waals surface area contributed by atoms with E-state index in [1.807, 2.05) is 11.0 Å². The summed E-state index contributed by atoms with van der Waals surface area (Å²) in [6, 6.07) is 4.59. The van der Waals surface area contributed by atoms with Crippen LogP contribution in [0.25, 0.3) is 0 Å². The topological polar surface area (TPSA) is 116 Å². The van der Waals surface area contributed by atoms with Crippen molar-refractivity contribution in [3.8, 4) is 6.07 Å². The summed E-state index contributed by atoms with van der Waals surface area (Å²) < 4.78 is 0. The highest BCUT2D eigenvalue weighted by Gasteiger charge is 2.28. The minimum absolute atomic E-state index is 0.0965. The number of rotatable bonds is 4. The number of halogens is 1. The molecule has 1 aliphatic heterocycles. The van der Waals surface area contributed by atoms with Crippen LogP contribution in [0.15, 0.2) is 12.1 Å². The van der Waals surface area contributed by atoms with Crippen molar-refractivity contribution in [1.29, 1.82) is 5.26 Å². The van der Waals surface area contributed by atoms with Crippen molar-refractivity contribution in [2.75, 3.05) is 37.6 Å². The molecule has 0 saturated carbocycles. The molecule has 9 heteroatoms. The number of amides is 1. The number of nitro benzene ring substituents is 1. The number of nitriles is 1. The molecule has 1 fully saturated rings. The molecular weight excluding hydrogens is 310 g/mol. The molecule has 0 radical (unpaired) electrons. The zero-order chi connectivity index (χ0) is 16.3. The van der Waals surface area contributed by atoms with Gasteiger partial charge in [-0.2, -0.15) is 5.26 Å². The summed E-state index contributed by atoms with van der Waals surface area (Å²) in [6.07, 6.45) is 0. The molecule has 8 nitrogen and oxygen atoms in total. The molecule has 2 rings (SSSR count). The molecule has 2 N–H and O–H groups in total. The first-order chi connectivity index (χ1) is 10.4. The Kier molecular flexibility index (Phi) is 4.80. The minimum atomic E-state index is -0.526. The summed E-state index contributed by atoms with van der Waals surface area (Å²) in [5.74, 6) is -0.417. The molecule has 22 heavy (non-hydrogen) atoms. The number of carbonyl (C=O) groups excluding carboxylic acids is 1. The fraction of sp³-hybridized carbons (Fsp3) is 0.385. The fourth-order valence-corrected chi connectivity index (χ4v) is 2.67. The Morgan fingerprint density at radius 1 is 1.41 bits per heavy atom. The lowest BCUT2D eigenvalue weighted by Gasteiger charge is -2.35.